The van der Waals surface area contributed by atoms with E-state index in [-0.39, 0.29) is 30.1 Å². The lowest BCUT2D eigenvalue weighted by atomic mass is 9.95. The number of carboxylic acid groups (broad SMARTS) is 1. The van der Waals surface area contributed by atoms with Gasteiger partial charge in [0.1, 0.15) is 12.2 Å². The SMILES string of the molecule is Cc1coc(CC(=O)O)c1C(=O)NC[C@H]1CCO[C@@H]1c1ccccc1. The number of carboxylic acids is 1. The molecule has 0 spiro atoms. The van der Waals surface area contributed by atoms with Gasteiger partial charge in [-0.3, -0.25) is 9.59 Å². The zero-order chi connectivity index (χ0) is 17.8. The Kier molecular flexibility index (Phi) is 5.19. The van der Waals surface area contributed by atoms with Crippen LogP contribution in [0.3, 0.4) is 0 Å². The highest BCUT2D eigenvalue weighted by Gasteiger charge is 2.30. The van der Waals surface area contributed by atoms with E-state index in [2.05, 4.69) is 5.32 Å². The second-order valence-electron chi connectivity index (χ2n) is 6.25. The molecule has 132 valence electrons. The molecule has 25 heavy (non-hydrogen) atoms. The first kappa shape index (κ1) is 17.2. The third kappa shape index (κ3) is 3.91. The lowest BCUT2D eigenvalue weighted by Gasteiger charge is -2.19. The highest BCUT2D eigenvalue weighted by atomic mass is 16.5. The van der Waals surface area contributed by atoms with Gasteiger partial charge >= 0.3 is 5.97 Å². The summed E-state index contributed by atoms with van der Waals surface area (Å²) in [6.07, 6.45) is 1.94. The fourth-order valence-corrected chi connectivity index (χ4v) is 3.24. The molecule has 0 radical (unpaired) electrons. The summed E-state index contributed by atoms with van der Waals surface area (Å²) in [6.45, 7) is 2.86. The quantitative estimate of drug-likeness (QED) is 0.842. The van der Waals surface area contributed by atoms with E-state index in [0.29, 0.717) is 24.3 Å². The third-order valence-corrected chi connectivity index (χ3v) is 4.46. The van der Waals surface area contributed by atoms with Gasteiger partial charge in [0.25, 0.3) is 5.91 Å². The maximum absolute atomic E-state index is 12.5. The number of ether oxygens (including phenoxy) is 1. The van der Waals surface area contributed by atoms with Crippen LogP contribution in [0.5, 0.6) is 0 Å². The molecule has 1 amide bonds. The van der Waals surface area contributed by atoms with Crippen molar-refractivity contribution in [1.82, 2.24) is 5.32 Å². The summed E-state index contributed by atoms with van der Waals surface area (Å²) in [5, 5.41) is 11.8. The van der Waals surface area contributed by atoms with Crippen LogP contribution < -0.4 is 5.32 Å². The topological polar surface area (TPSA) is 88.8 Å². The highest BCUT2D eigenvalue weighted by molar-refractivity contribution is 5.97. The molecule has 6 heteroatoms. The molecule has 0 saturated carbocycles. The van der Waals surface area contributed by atoms with Crippen LogP contribution in [0.15, 0.2) is 41.0 Å². The predicted octanol–water partition coefficient (Wildman–Crippen LogP) is 2.72. The molecule has 1 aromatic heterocycles. The third-order valence-electron chi connectivity index (χ3n) is 4.46. The Balaban J connectivity index is 1.66. The van der Waals surface area contributed by atoms with E-state index >= 15 is 0 Å². The van der Waals surface area contributed by atoms with Gasteiger partial charge < -0.3 is 19.6 Å². The Labute approximate surface area is 145 Å². The Bertz CT molecular complexity index is 752. The minimum atomic E-state index is -1.03. The second-order valence-corrected chi connectivity index (χ2v) is 6.25. The van der Waals surface area contributed by atoms with Crippen LogP contribution in [0, 0.1) is 12.8 Å². The van der Waals surface area contributed by atoms with E-state index in [1.54, 1.807) is 6.92 Å². The molecule has 2 N–H and O–H groups in total. The Morgan fingerprint density at radius 2 is 2.04 bits per heavy atom. The van der Waals surface area contributed by atoms with Crippen molar-refractivity contribution in [2.24, 2.45) is 5.92 Å². The highest BCUT2D eigenvalue weighted by Crippen LogP contribution is 2.34. The number of amides is 1. The molecule has 0 unspecified atom stereocenters. The number of hydrogen-bond donors (Lipinski definition) is 2. The molecule has 2 atom stereocenters. The summed E-state index contributed by atoms with van der Waals surface area (Å²) in [5.74, 6) is -0.968. The van der Waals surface area contributed by atoms with Crippen molar-refractivity contribution in [1.29, 1.82) is 0 Å². The molecule has 6 nitrogen and oxygen atoms in total. The summed E-state index contributed by atoms with van der Waals surface area (Å²) in [6, 6.07) is 9.95. The molecule has 1 aromatic carbocycles. The molecule has 0 aliphatic carbocycles. The summed E-state index contributed by atoms with van der Waals surface area (Å²) < 4.78 is 11.1. The average molecular weight is 343 g/mol. The molecule has 1 saturated heterocycles. The van der Waals surface area contributed by atoms with Crippen molar-refractivity contribution in [3.8, 4) is 0 Å². The zero-order valence-corrected chi connectivity index (χ0v) is 14.0. The summed E-state index contributed by atoms with van der Waals surface area (Å²) in [7, 11) is 0. The van der Waals surface area contributed by atoms with E-state index in [9.17, 15) is 9.59 Å². The number of hydrogen-bond acceptors (Lipinski definition) is 4. The Morgan fingerprint density at radius 3 is 2.76 bits per heavy atom. The fraction of sp³-hybridized carbons (Fsp3) is 0.368. The first-order chi connectivity index (χ1) is 12.1. The lowest BCUT2D eigenvalue weighted by molar-refractivity contribution is -0.136. The van der Waals surface area contributed by atoms with E-state index in [1.807, 2.05) is 30.3 Å². The Morgan fingerprint density at radius 1 is 1.28 bits per heavy atom. The molecule has 3 rings (SSSR count). The normalized spacial score (nSPS) is 19.7. The van der Waals surface area contributed by atoms with E-state index in [1.165, 1.54) is 6.26 Å². The van der Waals surface area contributed by atoms with Crippen molar-refractivity contribution in [3.05, 3.63) is 59.0 Å². The van der Waals surface area contributed by atoms with E-state index in [4.69, 9.17) is 14.3 Å². The molecular formula is C19H21NO5. The molecule has 1 aliphatic rings. The lowest BCUT2D eigenvalue weighted by Crippen LogP contribution is -2.31. The van der Waals surface area contributed by atoms with Crippen LogP contribution in [0.4, 0.5) is 0 Å². The molecule has 1 aliphatic heterocycles. The van der Waals surface area contributed by atoms with Crippen molar-refractivity contribution < 1.29 is 23.8 Å². The van der Waals surface area contributed by atoms with Crippen LogP contribution in [0.25, 0.3) is 0 Å². The minimum Gasteiger partial charge on any atom is -0.481 e. The van der Waals surface area contributed by atoms with Crippen molar-refractivity contribution in [2.45, 2.75) is 25.9 Å². The average Bonchev–Trinajstić information content (AvgIpc) is 3.20. The van der Waals surface area contributed by atoms with Gasteiger partial charge in [-0.2, -0.15) is 0 Å². The van der Waals surface area contributed by atoms with Gasteiger partial charge in [-0.1, -0.05) is 30.3 Å². The number of carbonyl (C=O) groups is 2. The van der Waals surface area contributed by atoms with E-state index < -0.39 is 5.97 Å². The number of benzene rings is 1. The van der Waals surface area contributed by atoms with Crippen LogP contribution in [0.1, 0.15) is 39.8 Å². The Hall–Kier alpha value is -2.60. The number of carbonyl (C=O) groups excluding carboxylic acids is 1. The molecule has 2 aromatic rings. The monoisotopic (exact) mass is 343 g/mol. The molecule has 1 fully saturated rings. The van der Waals surface area contributed by atoms with Gasteiger partial charge in [0.05, 0.1) is 17.9 Å². The number of aliphatic carboxylic acids is 1. The van der Waals surface area contributed by atoms with Gasteiger partial charge in [0.15, 0.2) is 0 Å². The largest absolute Gasteiger partial charge is 0.481 e. The molecule has 2 heterocycles. The van der Waals surface area contributed by atoms with Gasteiger partial charge in [0.2, 0.25) is 0 Å². The smallest absolute Gasteiger partial charge is 0.311 e. The van der Waals surface area contributed by atoms with Crippen LogP contribution in [-0.2, 0) is 16.0 Å². The second kappa shape index (κ2) is 7.53. The van der Waals surface area contributed by atoms with Gasteiger partial charge in [-0.05, 0) is 18.9 Å². The number of rotatable bonds is 6. The predicted molar refractivity (Wildman–Crippen MR) is 90.4 cm³/mol. The first-order valence-corrected chi connectivity index (χ1v) is 8.29. The summed E-state index contributed by atoms with van der Waals surface area (Å²) in [4.78, 5) is 23.4. The minimum absolute atomic E-state index is 0.0366. The molecular weight excluding hydrogens is 322 g/mol. The first-order valence-electron chi connectivity index (χ1n) is 8.29. The maximum atomic E-state index is 12.5. The number of aryl methyl sites for hydroxylation is 1. The van der Waals surface area contributed by atoms with Crippen molar-refractivity contribution >= 4 is 11.9 Å². The summed E-state index contributed by atoms with van der Waals surface area (Å²) in [5.41, 5.74) is 2.05. The summed E-state index contributed by atoms with van der Waals surface area (Å²) >= 11 is 0. The fourth-order valence-electron chi connectivity index (χ4n) is 3.24. The van der Waals surface area contributed by atoms with Crippen molar-refractivity contribution in [2.75, 3.05) is 13.2 Å². The van der Waals surface area contributed by atoms with Crippen LogP contribution in [-0.4, -0.2) is 30.1 Å². The van der Waals surface area contributed by atoms with Gasteiger partial charge in [0, 0.05) is 24.6 Å². The van der Waals surface area contributed by atoms with Crippen molar-refractivity contribution in [3.63, 3.8) is 0 Å². The van der Waals surface area contributed by atoms with Gasteiger partial charge in [-0.15, -0.1) is 0 Å². The molecule has 0 bridgehead atoms. The van der Waals surface area contributed by atoms with E-state index in [0.717, 1.165) is 12.0 Å². The van der Waals surface area contributed by atoms with Crippen LogP contribution in [0.2, 0.25) is 0 Å². The number of furan rings is 1. The standard InChI is InChI=1S/C19H21NO5/c1-12-11-25-15(9-16(21)22)17(12)19(23)20-10-14-7-8-24-18(14)13-5-3-2-4-6-13/h2-6,11,14,18H,7-10H2,1H3,(H,20,23)(H,21,22)/t14-,18-/m1/s1. The number of nitrogens with one attached hydrogen (secondary N) is 1. The van der Waals surface area contributed by atoms with Crippen LogP contribution >= 0.6 is 0 Å². The maximum Gasteiger partial charge on any atom is 0.311 e. The van der Waals surface area contributed by atoms with Gasteiger partial charge in [-0.25, -0.2) is 0 Å². The zero-order valence-electron chi connectivity index (χ0n) is 14.0.